The maximum Gasteiger partial charge on any atom is 0.339 e. The summed E-state index contributed by atoms with van der Waals surface area (Å²) in [6, 6.07) is 11.0. The van der Waals surface area contributed by atoms with Crippen LogP contribution in [0.1, 0.15) is 49.9 Å². The zero-order valence-electron chi connectivity index (χ0n) is 14.3. The Kier molecular flexibility index (Phi) is 4.99. The predicted octanol–water partition coefficient (Wildman–Crippen LogP) is 4.35. The van der Waals surface area contributed by atoms with E-state index in [-0.39, 0.29) is 5.78 Å². The molecule has 0 aliphatic heterocycles. The van der Waals surface area contributed by atoms with E-state index in [0.29, 0.717) is 11.1 Å². The van der Waals surface area contributed by atoms with Gasteiger partial charge in [0, 0.05) is 5.56 Å². The molecule has 3 heteroatoms. The number of carbonyl (C=O) groups is 2. The molecular weight excluding hydrogens is 288 g/mol. The van der Waals surface area contributed by atoms with Crippen LogP contribution in [0.15, 0.2) is 36.4 Å². The molecule has 0 unspecified atom stereocenters. The smallest absolute Gasteiger partial charge is 0.339 e. The molecule has 0 fully saturated rings. The molecule has 0 saturated heterocycles. The number of Topliss-reactive ketones (excluding diaryl/α,β-unsaturated/α-hetero) is 1. The Morgan fingerprint density at radius 3 is 2.26 bits per heavy atom. The number of benzene rings is 2. The molecule has 0 N–H and O–H groups in total. The van der Waals surface area contributed by atoms with Crippen LogP contribution in [0, 0.1) is 27.7 Å². The summed E-state index contributed by atoms with van der Waals surface area (Å²) < 4.78 is 5.37. The van der Waals surface area contributed by atoms with E-state index < -0.39 is 12.1 Å². The summed E-state index contributed by atoms with van der Waals surface area (Å²) in [6.07, 6.45) is -0.815. The molecule has 0 aliphatic rings. The molecule has 0 aromatic heterocycles. The van der Waals surface area contributed by atoms with Crippen molar-refractivity contribution >= 4 is 11.8 Å². The quantitative estimate of drug-likeness (QED) is 0.623. The summed E-state index contributed by atoms with van der Waals surface area (Å²) in [5.74, 6) is -0.650. The number of hydrogen-bond donors (Lipinski definition) is 0. The third kappa shape index (κ3) is 3.67. The molecule has 0 aliphatic carbocycles. The van der Waals surface area contributed by atoms with E-state index in [9.17, 15) is 9.59 Å². The Labute approximate surface area is 137 Å². The third-order valence-electron chi connectivity index (χ3n) is 4.27. The third-order valence-corrected chi connectivity index (χ3v) is 4.27. The van der Waals surface area contributed by atoms with Crippen LogP contribution in [-0.4, -0.2) is 17.9 Å². The minimum atomic E-state index is -0.815. The Balaban J connectivity index is 2.16. The van der Waals surface area contributed by atoms with Gasteiger partial charge in [0.25, 0.3) is 0 Å². The summed E-state index contributed by atoms with van der Waals surface area (Å²) in [4.78, 5) is 24.8. The molecule has 2 rings (SSSR count). The SMILES string of the molecule is Cc1ccc(C(=O)[C@@H](C)OC(=O)c2cccc(C)c2C)cc1C. The Bertz CT molecular complexity index is 759. The zero-order chi connectivity index (χ0) is 17.1. The second-order valence-electron chi connectivity index (χ2n) is 5.96. The molecule has 0 amide bonds. The van der Waals surface area contributed by atoms with Crippen molar-refractivity contribution in [1.82, 2.24) is 0 Å². The molecule has 2 aromatic carbocycles. The van der Waals surface area contributed by atoms with Crippen molar-refractivity contribution in [3.63, 3.8) is 0 Å². The number of esters is 1. The molecule has 2 aromatic rings. The van der Waals surface area contributed by atoms with Crippen LogP contribution in [-0.2, 0) is 4.74 Å². The molecule has 1 atom stereocenters. The fourth-order valence-corrected chi connectivity index (χ4v) is 2.38. The van der Waals surface area contributed by atoms with E-state index in [1.807, 2.05) is 52.0 Å². The lowest BCUT2D eigenvalue weighted by Crippen LogP contribution is -2.25. The Morgan fingerprint density at radius 1 is 0.913 bits per heavy atom. The van der Waals surface area contributed by atoms with Crippen LogP contribution in [0.2, 0.25) is 0 Å². The van der Waals surface area contributed by atoms with Gasteiger partial charge in [-0.1, -0.05) is 24.3 Å². The highest BCUT2D eigenvalue weighted by Gasteiger charge is 2.21. The van der Waals surface area contributed by atoms with Gasteiger partial charge in [-0.15, -0.1) is 0 Å². The summed E-state index contributed by atoms with van der Waals surface area (Å²) in [5.41, 5.74) is 5.14. The first-order valence-electron chi connectivity index (χ1n) is 7.70. The van der Waals surface area contributed by atoms with Crippen LogP contribution < -0.4 is 0 Å². The lowest BCUT2D eigenvalue weighted by molar-refractivity contribution is 0.0318. The average Bonchev–Trinajstić information content (AvgIpc) is 2.51. The van der Waals surface area contributed by atoms with Crippen LogP contribution in [0.4, 0.5) is 0 Å². The minimum absolute atomic E-state index is 0.188. The standard InChI is InChI=1S/C20H22O3/c1-12-9-10-17(11-14(12)3)19(21)16(5)23-20(22)18-8-6-7-13(2)15(18)4/h6-11,16H,1-5H3/t16-/m1/s1. The summed E-state index contributed by atoms with van der Waals surface area (Å²) in [7, 11) is 0. The fourth-order valence-electron chi connectivity index (χ4n) is 2.38. The predicted molar refractivity (Wildman–Crippen MR) is 91.0 cm³/mol. The van der Waals surface area contributed by atoms with Crippen molar-refractivity contribution in [2.75, 3.05) is 0 Å². The van der Waals surface area contributed by atoms with Gasteiger partial charge in [-0.25, -0.2) is 4.79 Å². The highest BCUT2D eigenvalue weighted by Crippen LogP contribution is 2.17. The molecule has 0 saturated carbocycles. The van der Waals surface area contributed by atoms with Crippen LogP contribution in [0.3, 0.4) is 0 Å². The van der Waals surface area contributed by atoms with Gasteiger partial charge < -0.3 is 4.74 Å². The van der Waals surface area contributed by atoms with Crippen molar-refractivity contribution in [2.45, 2.75) is 40.7 Å². The molecule has 0 radical (unpaired) electrons. The van der Waals surface area contributed by atoms with Gasteiger partial charge in [-0.3, -0.25) is 4.79 Å². The minimum Gasteiger partial charge on any atom is -0.451 e. The molecule has 0 spiro atoms. The van der Waals surface area contributed by atoms with Gasteiger partial charge in [0.1, 0.15) is 0 Å². The topological polar surface area (TPSA) is 43.4 Å². The van der Waals surface area contributed by atoms with Gasteiger partial charge in [-0.2, -0.15) is 0 Å². The van der Waals surface area contributed by atoms with Gasteiger partial charge in [0.15, 0.2) is 6.10 Å². The number of aryl methyl sites for hydroxylation is 3. The first-order valence-corrected chi connectivity index (χ1v) is 7.70. The number of ketones is 1. The highest BCUT2D eigenvalue weighted by molar-refractivity contribution is 6.01. The van der Waals surface area contributed by atoms with Crippen molar-refractivity contribution in [1.29, 1.82) is 0 Å². The maximum absolute atomic E-state index is 12.4. The summed E-state index contributed by atoms with van der Waals surface area (Å²) in [5, 5.41) is 0. The number of ether oxygens (including phenoxy) is 1. The average molecular weight is 310 g/mol. The van der Waals surface area contributed by atoms with Gasteiger partial charge >= 0.3 is 5.97 Å². The highest BCUT2D eigenvalue weighted by atomic mass is 16.5. The largest absolute Gasteiger partial charge is 0.451 e. The molecule has 23 heavy (non-hydrogen) atoms. The van der Waals surface area contributed by atoms with Crippen LogP contribution in [0.25, 0.3) is 0 Å². The lowest BCUT2D eigenvalue weighted by atomic mass is 10.0. The first kappa shape index (κ1) is 16.9. The van der Waals surface area contributed by atoms with Gasteiger partial charge in [0.05, 0.1) is 5.56 Å². The van der Waals surface area contributed by atoms with E-state index in [2.05, 4.69) is 0 Å². The molecule has 120 valence electrons. The fraction of sp³-hybridized carbons (Fsp3) is 0.300. The van der Waals surface area contributed by atoms with Crippen molar-refractivity contribution in [3.8, 4) is 0 Å². The van der Waals surface area contributed by atoms with E-state index in [0.717, 1.165) is 22.3 Å². The van der Waals surface area contributed by atoms with Gasteiger partial charge in [0.2, 0.25) is 5.78 Å². The zero-order valence-corrected chi connectivity index (χ0v) is 14.3. The van der Waals surface area contributed by atoms with E-state index in [1.165, 1.54) is 0 Å². The lowest BCUT2D eigenvalue weighted by Gasteiger charge is -2.14. The molecule has 0 heterocycles. The maximum atomic E-state index is 12.4. The second-order valence-corrected chi connectivity index (χ2v) is 5.96. The monoisotopic (exact) mass is 310 g/mol. The van der Waals surface area contributed by atoms with Crippen molar-refractivity contribution in [2.24, 2.45) is 0 Å². The van der Waals surface area contributed by atoms with Crippen LogP contribution >= 0.6 is 0 Å². The van der Waals surface area contributed by atoms with E-state index in [4.69, 9.17) is 4.74 Å². The van der Waals surface area contributed by atoms with Crippen molar-refractivity contribution < 1.29 is 14.3 Å². The van der Waals surface area contributed by atoms with E-state index >= 15 is 0 Å². The first-order chi connectivity index (χ1) is 10.8. The number of rotatable bonds is 4. The Hall–Kier alpha value is -2.42. The second kappa shape index (κ2) is 6.78. The Morgan fingerprint density at radius 2 is 1.61 bits per heavy atom. The van der Waals surface area contributed by atoms with Gasteiger partial charge in [-0.05, 0) is 69.0 Å². The normalized spacial score (nSPS) is 11.9. The molecule has 3 nitrogen and oxygen atoms in total. The summed E-state index contributed by atoms with van der Waals surface area (Å²) in [6.45, 7) is 9.38. The van der Waals surface area contributed by atoms with Crippen LogP contribution in [0.5, 0.6) is 0 Å². The van der Waals surface area contributed by atoms with E-state index in [1.54, 1.807) is 19.1 Å². The number of carbonyl (C=O) groups excluding carboxylic acids is 2. The van der Waals surface area contributed by atoms with Crippen molar-refractivity contribution in [3.05, 3.63) is 69.8 Å². The molecular formula is C20H22O3. The molecule has 0 bridgehead atoms. The number of hydrogen-bond acceptors (Lipinski definition) is 3. The summed E-state index contributed by atoms with van der Waals surface area (Å²) >= 11 is 0.